The van der Waals surface area contributed by atoms with Gasteiger partial charge in [-0.3, -0.25) is 19.4 Å². The maximum atomic E-state index is 15.2. The van der Waals surface area contributed by atoms with Crippen LogP contribution in [-0.2, 0) is 20.4 Å². The Morgan fingerprint density at radius 1 is 0.409 bits per heavy atom. The standard InChI is InChI=1S/C60H66Br2N2O2/c1-5-9-13-17-27-59(28-18-14-10-6-2)49-35-41(61)21-23-43(49)47-33-39-25-31-63-55(45(39)37-51(47)59)53-54(58(63)66)56-46-38-52-48(34-40(46)26-32-64(56)57(53)65)44-24-22-42(62)36-50(44)60(52,29-19-15-11-7-3)30-20-16-12-8-4/h21-26,31-38H,5-20,27-30H2,1-4H3. The number of hydrogen-bond acceptors (Lipinski definition) is 2. The zero-order valence-corrected chi connectivity index (χ0v) is 42.9. The van der Waals surface area contributed by atoms with E-state index in [1.54, 1.807) is 9.80 Å². The first-order valence-corrected chi connectivity index (χ1v) is 27.3. The van der Waals surface area contributed by atoms with Crippen LogP contribution >= 0.6 is 31.9 Å². The molecule has 4 nitrogen and oxygen atoms in total. The van der Waals surface area contributed by atoms with E-state index in [2.05, 4.69) is 132 Å². The Hall–Kier alpha value is -4.26. The van der Waals surface area contributed by atoms with Gasteiger partial charge in [0.2, 0.25) is 0 Å². The van der Waals surface area contributed by atoms with Crippen LogP contribution in [0, 0.1) is 0 Å². The molecule has 0 aromatic heterocycles. The number of carbonyl (C=O) groups is 2. The van der Waals surface area contributed by atoms with E-state index in [1.807, 2.05) is 12.4 Å². The molecule has 0 radical (unpaired) electrons. The van der Waals surface area contributed by atoms with E-state index in [4.69, 9.17) is 0 Å². The van der Waals surface area contributed by atoms with Gasteiger partial charge in [0.05, 0.1) is 22.5 Å². The zero-order chi connectivity index (χ0) is 45.7. The van der Waals surface area contributed by atoms with E-state index in [0.717, 1.165) is 68.3 Å². The van der Waals surface area contributed by atoms with Crippen molar-refractivity contribution in [2.24, 2.45) is 0 Å². The fourth-order valence-corrected chi connectivity index (χ4v) is 13.7. The van der Waals surface area contributed by atoms with Crippen LogP contribution in [-0.4, -0.2) is 21.6 Å². The van der Waals surface area contributed by atoms with Crippen molar-refractivity contribution in [3.63, 3.8) is 0 Å². The van der Waals surface area contributed by atoms with Gasteiger partial charge in [0, 0.05) is 43.3 Å². The normalized spacial score (nSPS) is 17.2. The van der Waals surface area contributed by atoms with Crippen molar-refractivity contribution in [3.05, 3.63) is 138 Å². The Kier molecular flexibility index (Phi) is 12.9. The average Bonchev–Trinajstić information content (AvgIpc) is 3.97. The Bertz CT molecular complexity index is 2540. The fraction of sp³-hybridized carbons (Fsp3) is 0.433. The third-order valence-electron chi connectivity index (χ3n) is 16.2. The van der Waals surface area contributed by atoms with Gasteiger partial charge in [0.25, 0.3) is 11.8 Å². The fourth-order valence-electron chi connectivity index (χ4n) is 12.9. The minimum atomic E-state index is -0.141. The molecule has 0 saturated carbocycles. The molecule has 0 atom stereocenters. The van der Waals surface area contributed by atoms with E-state index in [0.29, 0.717) is 11.1 Å². The molecule has 4 aliphatic heterocycles. The number of nitrogens with zero attached hydrogens (tertiary/aromatic N) is 2. The van der Waals surface area contributed by atoms with Crippen LogP contribution in [0.15, 0.2) is 93.2 Å². The molecule has 0 bridgehead atoms. The summed E-state index contributed by atoms with van der Waals surface area (Å²) in [5, 5.41) is 0. The highest BCUT2D eigenvalue weighted by Crippen LogP contribution is 2.60. The number of halogens is 2. The van der Waals surface area contributed by atoms with Gasteiger partial charge in [0.15, 0.2) is 0 Å². The van der Waals surface area contributed by atoms with Gasteiger partial charge >= 0.3 is 0 Å². The number of unbranched alkanes of at least 4 members (excludes halogenated alkanes) is 12. The van der Waals surface area contributed by atoms with Gasteiger partial charge < -0.3 is 0 Å². The molecule has 0 saturated heterocycles. The first-order chi connectivity index (χ1) is 32.2. The van der Waals surface area contributed by atoms with Gasteiger partial charge in [-0.25, -0.2) is 0 Å². The smallest absolute Gasteiger partial charge is 0.265 e. The Labute approximate surface area is 411 Å². The Morgan fingerprint density at radius 2 is 0.758 bits per heavy atom. The minimum Gasteiger partial charge on any atom is -0.282 e. The molecule has 0 spiro atoms. The number of hydrogen-bond donors (Lipinski definition) is 0. The summed E-state index contributed by atoms with van der Waals surface area (Å²) in [6, 6.07) is 23.4. The van der Waals surface area contributed by atoms with Crippen LogP contribution in [0.2, 0.25) is 0 Å². The lowest BCUT2D eigenvalue weighted by atomic mass is 9.70. The summed E-state index contributed by atoms with van der Waals surface area (Å²) in [4.78, 5) is 33.9. The van der Waals surface area contributed by atoms with Crippen molar-refractivity contribution in [1.82, 2.24) is 9.80 Å². The average molecular weight is 1010 g/mol. The van der Waals surface area contributed by atoms with Crippen molar-refractivity contribution < 1.29 is 9.59 Å². The Morgan fingerprint density at radius 3 is 1.11 bits per heavy atom. The topological polar surface area (TPSA) is 40.6 Å². The highest BCUT2D eigenvalue weighted by molar-refractivity contribution is 9.10. The molecule has 0 unspecified atom stereocenters. The van der Waals surface area contributed by atoms with Crippen LogP contribution in [0.25, 0.3) is 45.8 Å². The number of fused-ring (bicyclic) bond motifs is 13. The van der Waals surface area contributed by atoms with Gasteiger partial charge in [0.1, 0.15) is 0 Å². The van der Waals surface area contributed by atoms with Gasteiger partial charge in [-0.1, -0.05) is 174 Å². The van der Waals surface area contributed by atoms with E-state index in [-0.39, 0.29) is 22.6 Å². The second kappa shape index (κ2) is 18.7. The van der Waals surface area contributed by atoms with Crippen molar-refractivity contribution in [3.8, 4) is 22.3 Å². The summed E-state index contributed by atoms with van der Waals surface area (Å²) < 4.78 is 2.24. The number of rotatable bonds is 20. The second-order valence-electron chi connectivity index (χ2n) is 20.2. The first kappa shape index (κ1) is 45.5. The zero-order valence-electron chi connectivity index (χ0n) is 39.7. The number of benzene rings is 4. The van der Waals surface area contributed by atoms with E-state index < -0.39 is 0 Å². The summed E-state index contributed by atoms with van der Waals surface area (Å²) in [6.45, 7) is 9.16. The quantitative estimate of drug-likeness (QED) is 0.0828. The van der Waals surface area contributed by atoms with Crippen molar-refractivity contribution >= 4 is 67.2 Å². The van der Waals surface area contributed by atoms with E-state index in [9.17, 15) is 0 Å². The maximum Gasteiger partial charge on any atom is 0.265 e. The largest absolute Gasteiger partial charge is 0.282 e. The van der Waals surface area contributed by atoms with E-state index >= 15 is 9.59 Å². The third-order valence-corrected chi connectivity index (χ3v) is 17.2. The first-order valence-electron chi connectivity index (χ1n) is 25.7. The predicted octanol–water partition coefficient (Wildman–Crippen LogP) is 17.4. The SMILES string of the molecule is CCCCCCC1(CCCCCC)c2cc(Br)ccc2-c2cc3c(cc21)C1=C2C(=O)N4C=Cc5cc6c(cc5C4=C2C(=O)N1C=C3)C(CCCCCC)(CCCCCC)c1cc(Br)ccc1-6. The lowest BCUT2D eigenvalue weighted by molar-refractivity contribution is -0.122. The molecule has 342 valence electrons. The molecule has 0 fully saturated rings. The molecule has 0 N–H and O–H groups in total. The Balaban J connectivity index is 1.13. The predicted molar refractivity (Wildman–Crippen MR) is 281 cm³/mol. The summed E-state index contributed by atoms with van der Waals surface area (Å²) >= 11 is 7.77. The molecular weight excluding hydrogens is 940 g/mol. The lowest BCUT2D eigenvalue weighted by Gasteiger charge is -2.34. The molecule has 2 amide bonds. The van der Waals surface area contributed by atoms with Crippen LogP contribution in [0.5, 0.6) is 0 Å². The summed E-state index contributed by atoms with van der Waals surface area (Å²) in [6.07, 6.45) is 31.8. The van der Waals surface area contributed by atoms with Gasteiger partial charge in [-0.2, -0.15) is 0 Å². The van der Waals surface area contributed by atoms with Gasteiger partial charge in [-0.15, -0.1) is 0 Å². The second-order valence-corrected chi connectivity index (χ2v) is 22.0. The summed E-state index contributed by atoms with van der Waals surface area (Å²) in [7, 11) is 0. The molecule has 6 heteroatoms. The van der Waals surface area contributed by atoms with Crippen LogP contribution in [0.1, 0.15) is 201 Å². The maximum absolute atomic E-state index is 15.2. The molecule has 66 heavy (non-hydrogen) atoms. The van der Waals surface area contributed by atoms with Crippen molar-refractivity contribution in [2.45, 2.75) is 167 Å². The number of carbonyl (C=O) groups excluding carboxylic acids is 2. The molecule has 4 heterocycles. The van der Waals surface area contributed by atoms with Crippen molar-refractivity contribution in [1.29, 1.82) is 0 Å². The van der Waals surface area contributed by atoms with E-state index in [1.165, 1.54) is 147 Å². The summed E-state index contributed by atoms with van der Waals surface area (Å²) in [5.41, 5.74) is 17.3. The monoisotopic (exact) mass is 1000 g/mol. The molecule has 2 aliphatic carbocycles. The molecule has 4 aromatic rings. The number of amides is 2. The molecule has 10 rings (SSSR count). The highest BCUT2D eigenvalue weighted by Gasteiger charge is 2.52. The van der Waals surface area contributed by atoms with Crippen LogP contribution in [0.3, 0.4) is 0 Å². The van der Waals surface area contributed by atoms with Crippen LogP contribution < -0.4 is 0 Å². The lowest BCUT2D eigenvalue weighted by Crippen LogP contribution is -2.28. The third kappa shape index (κ3) is 7.33. The van der Waals surface area contributed by atoms with Gasteiger partial charge in [-0.05, 0) is 142 Å². The molecule has 6 aliphatic rings. The summed E-state index contributed by atoms with van der Waals surface area (Å²) in [5.74, 6) is -0.213. The molecule has 4 aromatic carbocycles. The molecular formula is C60H66Br2N2O2. The van der Waals surface area contributed by atoms with Crippen LogP contribution in [0.4, 0.5) is 0 Å². The highest BCUT2D eigenvalue weighted by atomic mass is 79.9. The minimum absolute atomic E-state index is 0.106. The van der Waals surface area contributed by atoms with Crippen molar-refractivity contribution in [2.75, 3.05) is 0 Å².